The van der Waals surface area contributed by atoms with Crippen LogP contribution in [0.1, 0.15) is 31.9 Å². The molecule has 1 aliphatic heterocycles. The molecular weight excluding hydrogens is 303 g/mol. The molecule has 1 aliphatic rings. The highest BCUT2D eigenvalue weighted by molar-refractivity contribution is 5.79. The SMILES string of the molecule is COc1ccc(F)cc1C(C)NC(=O)N1CCC(C)(C(=O)O)C1. The van der Waals surface area contributed by atoms with Gasteiger partial charge in [0.25, 0.3) is 0 Å². The normalized spacial score (nSPS) is 21.8. The number of amides is 2. The van der Waals surface area contributed by atoms with Gasteiger partial charge in [-0.05, 0) is 38.5 Å². The monoisotopic (exact) mass is 324 g/mol. The van der Waals surface area contributed by atoms with Crippen LogP contribution in [-0.4, -0.2) is 42.2 Å². The molecule has 126 valence electrons. The summed E-state index contributed by atoms with van der Waals surface area (Å²) in [6.45, 7) is 3.88. The van der Waals surface area contributed by atoms with Gasteiger partial charge in [0.05, 0.1) is 18.6 Å². The molecule has 1 fully saturated rings. The minimum atomic E-state index is -0.920. The van der Waals surface area contributed by atoms with Crippen molar-refractivity contribution < 1.29 is 23.8 Å². The number of nitrogens with one attached hydrogen (secondary N) is 1. The van der Waals surface area contributed by atoms with E-state index in [2.05, 4.69) is 5.32 Å². The standard InChI is InChI=1S/C16H21FN2O4/c1-10(12-8-11(17)4-5-13(12)23-3)18-15(22)19-7-6-16(2,9-19)14(20)21/h4-5,8,10H,6-7,9H2,1-3H3,(H,18,22)(H,20,21). The second kappa shape index (κ2) is 6.44. The Kier molecular flexibility index (Phi) is 4.77. The Morgan fingerprint density at radius 3 is 2.74 bits per heavy atom. The minimum Gasteiger partial charge on any atom is -0.496 e. The summed E-state index contributed by atoms with van der Waals surface area (Å²) in [5.41, 5.74) is -0.391. The maximum Gasteiger partial charge on any atom is 0.317 e. The number of carbonyl (C=O) groups is 2. The summed E-state index contributed by atoms with van der Waals surface area (Å²) in [5, 5.41) is 12.0. The highest BCUT2D eigenvalue weighted by atomic mass is 19.1. The summed E-state index contributed by atoms with van der Waals surface area (Å²) in [6.07, 6.45) is 0.410. The Hall–Kier alpha value is -2.31. The number of nitrogens with zero attached hydrogens (tertiary/aromatic N) is 1. The van der Waals surface area contributed by atoms with Gasteiger partial charge in [0.2, 0.25) is 0 Å². The van der Waals surface area contributed by atoms with Crippen molar-refractivity contribution in [3.8, 4) is 5.75 Å². The molecule has 1 heterocycles. The first-order valence-corrected chi connectivity index (χ1v) is 7.39. The van der Waals surface area contributed by atoms with Crippen LogP contribution in [0.3, 0.4) is 0 Å². The van der Waals surface area contributed by atoms with E-state index in [9.17, 15) is 19.1 Å². The number of hydrogen-bond donors (Lipinski definition) is 2. The third-order valence-corrected chi connectivity index (χ3v) is 4.28. The Morgan fingerprint density at radius 2 is 2.17 bits per heavy atom. The molecule has 1 aromatic carbocycles. The summed E-state index contributed by atoms with van der Waals surface area (Å²) in [6, 6.07) is 3.27. The predicted octanol–water partition coefficient (Wildman–Crippen LogP) is 2.40. The van der Waals surface area contributed by atoms with E-state index >= 15 is 0 Å². The molecule has 2 amide bonds. The van der Waals surface area contributed by atoms with Gasteiger partial charge in [0.1, 0.15) is 11.6 Å². The molecule has 7 heteroatoms. The van der Waals surface area contributed by atoms with E-state index in [0.717, 1.165) is 0 Å². The molecule has 23 heavy (non-hydrogen) atoms. The van der Waals surface area contributed by atoms with Gasteiger partial charge in [-0.25, -0.2) is 9.18 Å². The van der Waals surface area contributed by atoms with E-state index in [1.54, 1.807) is 13.8 Å². The highest BCUT2D eigenvalue weighted by Gasteiger charge is 2.42. The predicted molar refractivity (Wildman–Crippen MR) is 81.8 cm³/mol. The Morgan fingerprint density at radius 1 is 1.48 bits per heavy atom. The van der Waals surface area contributed by atoms with E-state index < -0.39 is 23.2 Å². The van der Waals surface area contributed by atoms with Crippen molar-refractivity contribution in [2.45, 2.75) is 26.3 Å². The summed E-state index contributed by atoms with van der Waals surface area (Å²) < 4.78 is 18.6. The average Bonchev–Trinajstić information content (AvgIpc) is 2.91. The summed E-state index contributed by atoms with van der Waals surface area (Å²) >= 11 is 0. The molecular formula is C16H21FN2O4. The maximum atomic E-state index is 13.4. The number of ether oxygens (including phenoxy) is 1. The largest absolute Gasteiger partial charge is 0.496 e. The van der Waals surface area contributed by atoms with Gasteiger partial charge in [-0.2, -0.15) is 0 Å². The van der Waals surface area contributed by atoms with Gasteiger partial charge in [0.15, 0.2) is 0 Å². The molecule has 0 spiro atoms. The molecule has 6 nitrogen and oxygen atoms in total. The molecule has 2 unspecified atom stereocenters. The fourth-order valence-electron chi connectivity index (χ4n) is 2.71. The molecule has 0 saturated carbocycles. The quantitative estimate of drug-likeness (QED) is 0.891. The van der Waals surface area contributed by atoms with E-state index in [4.69, 9.17) is 4.74 Å². The number of benzene rings is 1. The highest BCUT2D eigenvalue weighted by Crippen LogP contribution is 2.31. The van der Waals surface area contributed by atoms with Gasteiger partial charge >= 0.3 is 12.0 Å². The van der Waals surface area contributed by atoms with Crippen LogP contribution < -0.4 is 10.1 Å². The number of methoxy groups -OCH3 is 1. The lowest BCUT2D eigenvalue weighted by atomic mass is 9.90. The zero-order valence-electron chi connectivity index (χ0n) is 13.4. The third kappa shape index (κ3) is 3.55. The zero-order chi connectivity index (χ0) is 17.2. The molecule has 0 bridgehead atoms. The summed E-state index contributed by atoms with van der Waals surface area (Å²) in [5.74, 6) is -0.842. The van der Waals surface area contributed by atoms with Crippen molar-refractivity contribution in [2.75, 3.05) is 20.2 Å². The van der Waals surface area contributed by atoms with Gasteiger partial charge in [-0.15, -0.1) is 0 Å². The minimum absolute atomic E-state index is 0.154. The second-order valence-electron chi connectivity index (χ2n) is 6.09. The Bertz CT molecular complexity index is 622. The van der Waals surface area contributed by atoms with E-state index in [1.807, 2.05) is 0 Å². The molecule has 0 aliphatic carbocycles. The van der Waals surface area contributed by atoms with Gasteiger partial charge < -0.3 is 20.1 Å². The fraction of sp³-hybridized carbons (Fsp3) is 0.500. The van der Waals surface area contributed by atoms with Crippen molar-refractivity contribution in [1.29, 1.82) is 0 Å². The van der Waals surface area contributed by atoms with Crippen LogP contribution in [0, 0.1) is 11.2 Å². The number of carboxylic acid groups (broad SMARTS) is 1. The number of urea groups is 1. The number of aliphatic carboxylic acids is 1. The molecule has 2 atom stereocenters. The number of halogens is 1. The first-order valence-electron chi connectivity index (χ1n) is 7.39. The fourth-order valence-corrected chi connectivity index (χ4v) is 2.71. The molecule has 0 aromatic heterocycles. The summed E-state index contributed by atoms with van der Waals surface area (Å²) in [7, 11) is 1.48. The first kappa shape index (κ1) is 17.1. The van der Waals surface area contributed by atoms with Crippen molar-refractivity contribution in [3.05, 3.63) is 29.6 Å². The molecule has 1 aromatic rings. The summed E-state index contributed by atoms with van der Waals surface area (Å²) in [4.78, 5) is 25.0. The first-order chi connectivity index (χ1) is 10.8. The molecule has 2 N–H and O–H groups in total. The van der Waals surface area contributed by atoms with Gasteiger partial charge in [-0.1, -0.05) is 0 Å². The Balaban J connectivity index is 2.06. The lowest BCUT2D eigenvalue weighted by Gasteiger charge is -2.23. The van der Waals surface area contributed by atoms with E-state index in [0.29, 0.717) is 24.3 Å². The van der Waals surface area contributed by atoms with Crippen LogP contribution in [0.2, 0.25) is 0 Å². The second-order valence-corrected chi connectivity index (χ2v) is 6.09. The number of carboxylic acids is 1. The van der Waals surface area contributed by atoms with Crippen LogP contribution in [0.5, 0.6) is 5.75 Å². The van der Waals surface area contributed by atoms with Crippen LogP contribution >= 0.6 is 0 Å². The molecule has 2 rings (SSSR count). The number of hydrogen-bond acceptors (Lipinski definition) is 3. The van der Waals surface area contributed by atoms with E-state index in [1.165, 1.54) is 30.2 Å². The van der Waals surface area contributed by atoms with Crippen LogP contribution in [0.4, 0.5) is 9.18 Å². The van der Waals surface area contributed by atoms with Gasteiger partial charge in [0, 0.05) is 18.7 Å². The topological polar surface area (TPSA) is 78.9 Å². The maximum absolute atomic E-state index is 13.4. The average molecular weight is 324 g/mol. The van der Waals surface area contributed by atoms with Gasteiger partial charge in [-0.3, -0.25) is 4.79 Å². The molecule has 1 saturated heterocycles. The van der Waals surface area contributed by atoms with Crippen molar-refractivity contribution >= 4 is 12.0 Å². The van der Waals surface area contributed by atoms with Crippen LogP contribution in [0.15, 0.2) is 18.2 Å². The zero-order valence-corrected chi connectivity index (χ0v) is 13.4. The molecule has 0 radical (unpaired) electrons. The lowest BCUT2D eigenvalue weighted by Crippen LogP contribution is -2.41. The third-order valence-electron chi connectivity index (χ3n) is 4.28. The van der Waals surface area contributed by atoms with Crippen molar-refractivity contribution in [3.63, 3.8) is 0 Å². The smallest absolute Gasteiger partial charge is 0.317 e. The van der Waals surface area contributed by atoms with Crippen molar-refractivity contribution in [2.24, 2.45) is 5.41 Å². The number of rotatable bonds is 4. The van der Waals surface area contributed by atoms with E-state index in [-0.39, 0.29) is 12.6 Å². The van der Waals surface area contributed by atoms with Crippen molar-refractivity contribution in [1.82, 2.24) is 10.2 Å². The van der Waals surface area contributed by atoms with Crippen LogP contribution in [0.25, 0.3) is 0 Å². The van der Waals surface area contributed by atoms with Crippen LogP contribution in [-0.2, 0) is 4.79 Å². The Labute approximate surface area is 134 Å². The number of carbonyl (C=O) groups excluding carboxylic acids is 1. The number of likely N-dealkylation sites (tertiary alicyclic amines) is 1. The lowest BCUT2D eigenvalue weighted by molar-refractivity contribution is -0.147.